The first-order valence-electron chi connectivity index (χ1n) is 7.24. The first-order valence-corrected chi connectivity index (χ1v) is 7.24. The maximum Gasteiger partial charge on any atom is 0.0729 e. The van der Waals surface area contributed by atoms with Crippen molar-refractivity contribution in [1.29, 1.82) is 0 Å². The minimum Gasteiger partial charge on any atom is -0.376 e. The van der Waals surface area contributed by atoms with E-state index in [2.05, 4.69) is 17.9 Å². The molecule has 0 aliphatic heterocycles. The van der Waals surface area contributed by atoms with Gasteiger partial charge in [0.15, 0.2) is 0 Å². The molecule has 0 radical (unpaired) electrons. The Bertz CT molecular complexity index is 438. The van der Waals surface area contributed by atoms with Gasteiger partial charge in [0.25, 0.3) is 0 Å². The molecule has 1 aromatic carbocycles. The normalized spacial score (nSPS) is 15.8. The Morgan fingerprint density at radius 3 is 2.74 bits per heavy atom. The van der Waals surface area contributed by atoms with Gasteiger partial charge in [0.05, 0.1) is 13.2 Å². The molecule has 0 unspecified atom stereocenters. The van der Waals surface area contributed by atoms with Gasteiger partial charge in [-0.05, 0) is 30.4 Å². The Morgan fingerprint density at radius 2 is 1.95 bits per heavy atom. The van der Waals surface area contributed by atoms with E-state index >= 15 is 0 Å². The summed E-state index contributed by atoms with van der Waals surface area (Å²) in [7, 11) is 0. The second-order valence-corrected chi connectivity index (χ2v) is 5.18. The zero-order valence-corrected chi connectivity index (χ0v) is 11.5. The van der Waals surface area contributed by atoms with Crippen LogP contribution in [0.25, 0.3) is 0 Å². The van der Waals surface area contributed by atoms with Crippen molar-refractivity contribution < 1.29 is 4.74 Å². The fourth-order valence-corrected chi connectivity index (χ4v) is 2.60. The van der Waals surface area contributed by atoms with E-state index in [1.54, 1.807) is 0 Å². The lowest BCUT2D eigenvalue weighted by Crippen LogP contribution is -2.13. The predicted molar refractivity (Wildman–Crippen MR) is 78.6 cm³/mol. The monoisotopic (exact) mass is 257 g/mol. The van der Waals surface area contributed by atoms with Crippen LogP contribution >= 0.6 is 0 Å². The molecule has 1 fully saturated rings. The number of hydrogen-bond acceptors (Lipinski definition) is 2. The molecule has 19 heavy (non-hydrogen) atoms. The average molecular weight is 257 g/mol. The molecule has 0 spiro atoms. The number of ether oxygens (including phenoxy) is 1. The topological polar surface area (TPSA) is 35.2 Å². The lowest BCUT2D eigenvalue weighted by atomic mass is 9.90. The molecular weight excluding hydrogens is 234 g/mol. The zero-order valence-electron chi connectivity index (χ0n) is 11.5. The van der Waals surface area contributed by atoms with Crippen LogP contribution in [0.3, 0.4) is 0 Å². The van der Waals surface area contributed by atoms with Gasteiger partial charge in [-0.25, -0.2) is 0 Å². The Hall–Kier alpha value is -1.30. The highest BCUT2D eigenvalue weighted by atomic mass is 16.5. The van der Waals surface area contributed by atoms with Gasteiger partial charge in [0, 0.05) is 12.2 Å². The van der Waals surface area contributed by atoms with Crippen LogP contribution in [0, 0.1) is 17.8 Å². The van der Waals surface area contributed by atoms with Crippen molar-refractivity contribution in [3.63, 3.8) is 0 Å². The molecule has 1 aliphatic rings. The lowest BCUT2D eigenvalue weighted by Gasteiger charge is -2.21. The van der Waals surface area contributed by atoms with Crippen LogP contribution < -0.4 is 5.73 Å². The first-order chi connectivity index (χ1) is 9.40. The Balaban J connectivity index is 1.84. The largest absolute Gasteiger partial charge is 0.376 e. The summed E-state index contributed by atoms with van der Waals surface area (Å²) in [6.45, 7) is 1.95. The molecule has 1 aliphatic carbocycles. The molecule has 1 aromatic rings. The van der Waals surface area contributed by atoms with Crippen LogP contribution in [-0.2, 0) is 11.3 Å². The summed E-state index contributed by atoms with van der Waals surface area (Å²) < 4.78 is 5.88. The molecule has 2 rings (SSSR count). The van der Waals surface area contributed by atoms with E-state index in [0.29, 0.717) is 13.2 Å². The van der Waals surface area contributed by atoms with Crippen LogP contribution in [0.15, 0.2) is 24.3 Å². The van der Waals surface area contributed by atoms with E-state index in [4.69, 9.17) is 10.5 Å². The van der Waals surface area contributed by atoms with E-state index in [0.717, 1.165) is 18.1 Å². The molecule has 1 saturated carbocycles. The second kappa shape index (κ2) is 7.99. The van der Waals surface area contributed by atoms with Crippen LogP contribution in [0.1, 0.15) is 43.2 Å². The smallest absolute Gasteiger partial charge is 0.0729 e. The summed E-state index contributed by atoms with van der Waals surface area (Å²) in [5.74, 6) is 6.77. The third-order valence-corrected chi connectivity index (χ3v) is 3.68. The molecule has 0 atom stereocenters. The molecule has 0 saturated heterocycles. The highest BCUT2D eigenvalue weighted by Crippen LogP contribution is 2.24. The lowest BCUT2D eigenvalue weighted by molar-refractivity contribution is 0.0738. The molecule has 2 nitrogen and oxygen atoms in total. The summed E-state index contributed by atoms with van der Waals surface area (Å²) in [4.78, 5) is 0. The molecule has 102 valence electrons. The van der Waals surface area contributed by atoms with Crippen molar-refractivity contribution in [2.45, 2.75) is 38.7 Å². The average Bonchev–Trinajstić information content (AvgIpc) is 2.47. The third kappa shape index (κ3) is 4.70. The van der Waals surface area contributed by atoms with Crippen molar-refractivity contribution in [2.24, 2.45) is 11.7 Å². The highest BCUT2D eigenvalue weighted by molar-refractivity contribution is 5.41. The molecule has 0 heterocycles. The molecule has 0 aromatic heterocycles. The maximum atomic E-state index is 5.88. The van der Waals surface area contributed by atoms with Gasteiger partial charge in [-0.3, -0.25) is 0 Å². The Labute approximate surface area is 116 Å². The zero-order chi connectivity index (χ0) is 13.3. The summed E-state index contributed by atoms with van der Waals surface area (Å²) >= 11 is 0. The van der Waals surface area contributed by atoms with E-state index in [-0.39, 0.29) is 0 Å². The van der Waals surface area contributed by atoms with Gasteiger partial charge in [-0.2, -0.15) is 0 Å². The summed E-state index contributed by atoms with van der Waals surface area (Å²) in [6, 6.07) is 8.15. The van der Waals surface area contributed by atoms with Crippen LogP contribution in [0.4, 0.5) is 0 Å². The summed E-state index contributed by atoms with van der Waals surface area (Å²) in [5, 5.41) is 0. The van der Waals surface area contributed by atoms with Crippen molar-refractivity contribution in [2.75, 3.05) is 13.2 Å². The summed E-state index contributed by atoms with van der Waals surface area (Å²) in [5.41, 5.74) is 7.62. The minimum atomic E-state index is 0.400. The van der Waals surface area contributed by atoms with Crippen molar-refractivity contribution >= 4 is 0 Å². The van der Waals surface area contributed by atoms with Gasteiger partial charge < -0.3 is 10.5 Å². The Kier molecular flexibility index (Phi) is 5.94. The van der Waals surface area contributed by atoms with E-state index in [9.17, 15) is 0 Å². The molecule has 2 heteroatoms. The van der Waals surface area contributed by atoms with Crippen molar-refractivity contribution in [3.8, 4) is 11.8 Å². The number of rotatable bonds is 4. The Morgan fingerprint density at radius 1 is 1.16 bits per heavy atom. The summed E-state index contributed by atoms with van der Waals surface area (Å²) in [6.07, 6.45) is 6.79. The highest BCUT2D eigenvalue weighted by Gasteiger charge is 2.13. The van der Waals surface area contributed by atoms with E-state index < -0.39 is 0 Å². The fraction of sp³-hybridized carbons (Fsp3) is 0.529. The van der Waals surface area contributed by atoms with E-state index in [1.165, 1.54) is 37.7 Å². The molecular formula is C17H23NO. The fourth-order valence-electron chi connectivity index (χ4n) is 2.60. The van der Waals surface area contributed by atoms with Gasteiger partial charge in [0.2, 0.25) is 0 Å². The molecule has 2 N–H and O–H groups in total. The molecule has 0 bridgehead atoms. The maximum absolute atomic E-state index is 5.88. The number of benzene rings is 1. The van der Waals surface area contributed by atoms with Gasteiger partial charge in [-0.15, -0.1) is 0 Å². The van der Waals surface area contributed by atoms with Crippen molar-refractivity contribution in [3.05, 3.63) is 35.4 Å². The van der Waals surface area contributed by atoms with Gasteiger partial charge in [-0.1, -0.05) is 49.3 Å². The third-order valence-electron chi connectivity index (χ3n) is 3.68. The standard InChI is InChI=1S/C17H23NO/c18-12-6-11-16-9-4-5-10-17(16)14-19-13-15-7-2-1-3-8-15/h4-5,9-10,15H,1-3,7-8,12-14,18H2. The van der Waals surface area contributed by atoms with Crippen LogP contribution in [-0.4, -0.2) is 13.2 Å². The minimum absolute atomic E-state index is 0.400. The molecule has 0 amide bonds. The number of hydrogen-bond donors (Lipinski definition) is 1. The van der Waals surface area contributed by atoms with E-state index in [1.807, 2.05) is 18.2 Å². The quantitative estimate of drug-likeness (QED) is 0.841. The van der Waals surface area contributed by atoms with Gasteiger partial charge >= 0.3 is 0 Å². The second-order valence-electron chi connectivity index (χ2n) is 5.18. The SMILES string of the molecule is NCC#Cc1ccccc1COCC1CCCCC1. The predicted octanol–water partition coefficient (Wildman–Crippen LogP) is 3.09. The van der Waals surface area contributed by atoms with Crippen LogP contribution in [0.5, 0.6) is 0 Å². The first kappa shape index (κ1) is 14.1. The number of nitrogens with two attached hydrogens (primary N) is 1. The van der Waals surface area contributed by atoms with Crippen LogP contribution in [0.2, 0.25) is 0 Å². The van der Waals surface area contributed by atoms with Gasteiger partial charge in [0.1, 0.15) is 0 Å². The van der Waals surface area contributed by atoms with Crippen molar-refractivity contribution in [1.82, 2.24) is 0 Å².